The van der Waals surface area contributed by atoms with E-state index in [1.807, 2.05) is 26.8 Å². The predicted octanol–water partition coefficient (Wildman–Crippen LogP) is 3.03. The summed E-state index contributed by atoms with van der Waals surface area (Å²) in [5.41, 5.74) is -0.545. The highest BCUT2D eigenvalue weighted by Crippen LogP contribution is 2.29. The van der Waals surface area contributed by atoms with Crippen molar-refractivity contribution in [3.63, 3.8) is 0 Å². The molecule has 1 fully saturated rings. The minimum atomic E-state index is -3.30. The van der Waals surface area contributed by atoms with Crippen LogP contribution in [0.1, 0.15) is 33.6 Å². The van der Waals surface area contributed by atoms with Crippen LogP contribution in [0.25, 0.3) is 0 Å². The second-order valence-electron chi connectivity index (χ2n) is 6.16. The average Bonchev–Trinajstić information content (AvgIpc) is 2.91. The summed E-state index contributed by atoms with van der Waals surface area (Å²) in [4.78, 5) is 0.366. The number of hydrogen-bond donors (Lipinski definition) is 0. The molecule has 1 unspecified atom stereocenters. The highest BCUT2D eigenvalue weighted by atomic mass is 32.2. The first-order chi connectivity index (χ1) is 9.81. The zero-order chi connectivity index (χ0) is 15.5. The number of rotatable bonds is 6. The molecule has 1 heterocycles. The van der Waals surface area contributed by atoms with Crippen molar-refractivity contribution in [1.82, 2.24) is 0 Å². The Bertz CT molecular complexity index is 545. The summed E-state index contributed by atoms with van der Waals surface area (Å²) in [6.07, 6.45) is 1.67. The molecule has 1 aliphatic rings. The van der Waals surface area contributed by atoms with Crippen molar-refractivity contribution in [2.24, 2.45) is 5.92 Å². The minimum absolute atomic E-state index is 0.0662. The van der Waals surface area contributed by atoms with Gasteiger partial charge in [0.2, 0.25) is 0 Å². The number of benzene rings is 1. The van der Waals surface area contributed by atoms with E-state index in [2.05, 4.69) is 0 Å². The van der Waals surface area contributed by atoms with E-state index in [1.54, 1.807) is 24.3 Å². The van der Waals surface area contributed by atoms with Crippen molar-refractivity contribution < 1.29 is 17.9 Å². The summed E-state index contributed by atoms with van der Waals surface area (Å²) in [6, 6.07) is 8.57. The molecule has 0 aliphatic carbocycles. The Hall–Kier alpha value is -0.910. The molecule has 4 nitrogen and oxygen atoms in total. The predicted molar refractivity (Wildman–Crippen MR) is 81.8 cm³/mol. The van der Waals surface area contributed by atoms with Gasteiger partial charge in [-0.2, -0.15) is 0 Å². The van der Waals surface area contributed by atoms with E-state index in [4.69, 9.17) is 9.47 Å². The second kappa shape index (κ2) is 6.46. The van der Waals surface area contributed by atoms with E-state index in [0.717, 1.165) is 19.4 Å². The number of sulfone groups is 1. The summed E-state index contributed by atoms with van der Waals surface area (Å²) in [6.45, 7) is 6.49. The molecule has 0 aromatic heterocycles. The number of ether oxygens (including phenoxy) is 2. The van der Waals surface area contributed by atoms with Gasteiger partial charge in [-0.15, -0.1) is 0 Å². The molecule has 0 N–H and O–H groups in total. The smallest absolute Gasteiger partial charge is 0.178 e. The van der Waals surface area contributed by atoms with Crippen LogP contribution in [0.5, 0.6) is 0 Å². The Morgan fingerprint density at radius 3 is 2.57 bits per heavy atom. The minimum Gasteiger partial charge on any atom is -0.353 e. The largest absolute Gasteiger partial charge is 0.353 e. The van der Waals surface area contributed by atoms with Crippen molar-refractivity contribution in [3.8, 4) is 0 Å². The lowest BCUT2D eigenvalue weighted by atomic mass is 9.94. The van der Waals surface area contributed by atoms with Gasteiger partial charge in [-0.05, 0) is 38.3 Å². The molecule has 0 amide bonds. The molecule has 118 valence electrons. The summed E-state index contributed by atoms with van der Waals surface area (Å²) in [5.74, 6) is -0.0663. The fourth-order valence-electron chi connectivity index (χ4n) is 2.35. The van der Waals surface area contributed by atoms with Crippen LogP contribution in [0.4, 0.5) is 0 Å². The Labute approximate surface area is 127 Å². The van der Waals surface area contributed by atoms with E-state index in [1.165, 1.54) is 0 Å². The first-order valence-corrected chi connectivity index (χ1v) is 9.04. The monoisotopic (exact) mass is 312 g/mol. The first-order valence-electron chi connectivity index (χ1n) is 7.38. The van der Waals surface area contributed by atoms with Crippen molar-refractivity contribution in [2.75, 3.05) is 12.4 Å². The molecule has 1 aromatic rings. The van der Waals surface area contributed by atoms with Crippen LogP contribution in [0.3, 0.4) is 0 Å². The highest BCUT2D eigenvalue weighted by molar-refractivity contribution is 7.91. The molecule has 0 radical (unpaired) electrons. The van der Waals surface area contributed by atoms with Gasteiger partial charge in [0.15, 0.2) is 16.1 Å². The maximum Gasteiger partial charge on any atom is 0.178 e. The van der Waals surface area contributed by atoms with Gasteiger partial charge in [0.1, 0.15) is 0 Å². The first kappa shape index (κ1) is 16.5. The third-order valence-corrected chi connectivity index (χ3v) is 6.01. The van der Waals surface area contributed by atoms with Crippen LogP contribution in [0.15, 0.2) is 35.2 Å². The molecule has 1 aliphatic heterocycles. The van der Waals surface area contributed by atoms with Gasteiger partial charge in [-0.3, -0.25) is 0 Å². The molecule has 2 atom stereocenters. The van der Waals surface area contributed by atoms with Gasteiger partial charge in [-0.1, -0.05) is 25.1 Å². The normalized spacial score (nSPS) is 21.4. The average molecular weight is 312 g/mol. The van der Waals surface area contributed by atoms with E-state index >= 15 is 0 Å². The Balaban J connectivity index is 2.03. The summed E-state index contributed by atoms with van der Waals surface area (Å²) in [7, 11) is -3.30. The lowest BCUT2D eigenvalue weighted by Gasteiger charge is -2.34. The van der Waals surface area contributed by atoms with Gasteiger partial charge in [0.25, 0.3) is 0 Å². The fourth-order valence-corrected chi connectivity index (χ4v) is 4.17. The molecular weight excluding hydrogens is 288 g/mol. The Morgan fingerprint density at radius 1 is 1.33 bits per heavy atom. The molecule has 1 saturated heterocycles. The Morgan fingerprint density at radius 2 is 2.00 bits per heavy atom. The number of hydrogen-bond acceptors (Lipinski definition) is 4. The van der Waals surface area contributed by atoms with Crippen molar-refractivity contribution in [1.29, 1.82) is 0 Å². The zero-order valence-corrected chi connectivity index (χ0v) is 13.7. The molecule has 1 aromatic carbocycles. The fraction of sp³-hybridized carbons (Fsp3) is 0.625. The van der Waals surface area contributed by atoms with Crippen molar-refractivity contribution in [2.45, 2.75) is 50.4 Å². The lowest BCUT2D eigenvalue weighted by Crippen LogP contribution is -2.40. The SMILES string of the molecule is C[C@@H](CS(=O)(=O)c1ccccc1)C(C)(C)OC1CCCO1. The van der Waals surface area contributed by atoms with E-state index in [9.17, 15) is 8.42 Å². The summed E-state index contributed by atoms with van der Waals surface area (Å²) < 4.78 is 36.3. The van der Waals surface area contributed by atoms with Crippen LogP contribution in [-0.4, -0.2) is 32.7 Å². The van der Waals surface area contributed by atoms with Crippen molar-refractivity contribution >= 4 is 9.84 Å². The van der Waals surface area contributed by atoms with E-state index in [0.29, 0.717) is 4.90 Å². The van der Waals surface area contributed by atoms with Gasteiger partial charge in [-0.25, -0.2) is 8.42 Å². The summed E-state index contributed by atoms with van der Waals surface area (Å²) in [5, 5.41) is 0. The van der Waals surface area contributed by atoms with Crippen LogP contribution >= 0.6 is 0 Å². The summed E-state index contributed by atoms with van der Waals surface area (Å²) >= 11 is 0. The molecular formula is C16H24O4S. The maximum atomic E-state index is 12.4. The molecule has 0 bridgehead atoms. The van der Waals surface area contributed by atoms with Crippen LogP contribution in [0.2, 0.25) is 0 Å². The van der Waals surface area contributed by atoms with Crippen molar-refractivity contribution in [3.05, 3.63) is 30.3 Å². The van der Waals surface area contributed by atoms with E-state index < -0.39 is 15.4 Å². The standard InChI is InChI=1S/C16H24O4S/c1-13(16(2,3)20-15-10-7-11-19-15)12-21(17,18)14-8-5-4-6-9-14/h4-6,8-9,13,15H,7,10-12H2,1-3H3/t13-,15?/m0/s1. The molecule has 0 spiro atoms. The van der Waals surface area contributed by atoms with Gasteiger partial charge < -0.3 is 9.47 Å². The van der Waals surface area contributed by atoms with Gasteiger partial charge >= 0.3 is 0 Å². The van der Waals surface area contributed by atoms with E-state index in [-0.39, 0.29) is 18.0 Å². The van der Waals surface area contributed by atoms with Gasteiger partial charge in [0.05, 0.1) is 16.2 Å². The Kier molecular flexibility index (Phi) is 5.07. The quantitative estimate of drug-likeness (QED) is 0.810. The molecule has 2 rings (SSSR count). The van der Waals surface area contributed by atoms with Crippen LogP contribution in [0, 0.1) is 5.92 Å². The molecule has 0 saturated carbocycles. The molecule has 21 heavy (non-hydrogen) atoms. The second-order valence-corrected chi connectivity index (χ2v) is 8.19. The zero-order valence-electron chi connectivity index (χ0n) is 12.9. The topological polar surface area (TPSA) is 52.6 Å². The van der Waals surface area contributed by atoms with Crippen LogP contribution < -0.4 is 0 Å². The van der Waals surface area contributed by atoms with Gasteiger partial charge in [0, 0.05) is 13.0 Å². The third-order valence-electron chi connectivity index (χ3n) is 4.08. The highest BCUT2D eigenvalue weighted by Gasteiger charge is 2.34. The third kappa shape index (κ3) is 4.28. The van der Waals surface area contributed by atoms with Crippen LogP contribution in [-0.2, 0) is 19.3 Å². The lowest BCUT2D eigenvalue weighted by molar-refractivity contribution is -0.191. The molecule has 5 heteroatoms. The maximum absolute atomic E-state index is 12.4.